The second-order valence-electron chi connectivity index (χ2n) is 5.61. The maximum atomic E-state index is 12.7. The highest BCUT2D eigenvalue weighted by Gasteiger charge is 2.16. The van der Waals surface area contributed by atoms with E-state index in [4.69, 9.17) is 0 Å². The minimum absolute atomic E-state index is 0.140. The Labute approximate surface area is 132 Å². The number of aromatic nitrogens is 5. The maximum Gasteiger partial charge on any atom is 0.283 e. The summed E-state index contributed by atoms with van der Waals surface area (Å²) < 4.78 is 2.88. The molecule has 0 amide bonds. The van der Waals surface area contributed by atoms with Crippen molar-refractivity contribution in [3.8, 4) is 5.95 Å². The maximum absolute atomic E-state index is 12.7. The van der Waals surface area contributed by atoms with Crippen molar-refractivity contribution in [1.29, 1.82) is 0 Å². The van der Waals surface area contributed by atoms with E-state index in [0.717, 1.165) is 0 Å². The Balaban J connectivity index is 2.20. The molecule has 120 valence electrons. The summed E-state index contributed by atoms with van der Waals surface area (Å²) in [5.41, 5.74) is 0.734. The molecule has 0 radical (unpaired) electrons. The molecule has 1 N–H and O–H groups in total. The zero-order valence-corrected chi connectivity index (χ0v) is 13.3. The highest BCUT2D eigenvalue weighted by Crippen LogP contribution is 2.11. The van der Waals surface area contributed by atoms with E-state index in [1.807, 2.05) is 19.0 Å². The molecule has 0 spiro atoms. The molecule has 8 nitrogen and oxygen atoms in total. The number of aromatic amines is 1. The molecule has 23 heavy (non-hydrogen) atoms. The molecule has 0 aliphatic carbocycles. The van der Waals surface area contributed by atoms with E-state index >= 15 is 0 Å². The van der Waals surface area contributed by atoms with Crippen molar-refractivity contribution in [2.24, 2.45) is 0 Å². The molecule has 0 saturated heterocycles. The van der Waals surface area contributed by atoms with Crippen LogP contribution in [0.3, 0.4) is 0 Å². The van der Waals surface area contributed by atoms with Gasteiger partial charge in [-0.2, -0.15) is 4.68 Å². The molecule has 0 saturated carbocycles. The van der Waals surface area contributed by atoms with Crippen molar-refractivity contribution in [2.45, 2.75) is 13.5 Å². The van der Waals surface area contributed by atoms with Crippen LogP contribution in [0.4, 0.5) is 0 Å². The van der Waals surface area contributed by atoms with Gasteiger partial charge in [0.2, 0.25) is 0 Å². The van der Waals surface area contributed by atoms with E-state index in [1.165, 1.54) is 10.7 Å². The lowest BCUT2D eigenvalue weighted by Crippen LogP contribution is -2.28. The number of nitrogens with zero attached hydrogens (tertiary/aromatic N) is 5. The van der Waals surface area contributed by atoms with Gasteiger partial charge in [-0.25, -0.2) is 9.97 Å². The molecule has 3 heterocycles. The van der Waals surface area contributed by atoms with Crippen LogP contribution < -0.4 is 11.1 Å². The highest BCUT2D eigenvalue weighted by molar-refractivity contribution is 5.80. The number of hydrogen-bond acceptors (Lipinski definition) is 5. The van der Waals surface area contributed by atoms with Gasteiger partial charge >= 0.3 is 0 Å². The third kappa shape index (κ3) is 2.68. The molecule has 0 aliphatic heterocycles. The summed E-state index contributed by atoms with van der Waals surface area (Å²) in [4.78, 5) is 35.1. The molecule has 3 aromatic rings. The standard InChI is InChI=1S/C15H18N6O2/c1-10-13-11(9-12(22)20(10)8-7-19(2)3)18-21(14(13)23)15-16-5-4-6-17-15/h4-6,9,18H,7-8H2,1-3H3. The zero-order chi connectivity index (χ0) is 16.6. The van der Waals surface area contributed by atoms with Crippen molar-refractivity contribution >= 4 is 10.9 Å². The second kappa shape index (κ2) is 5.81. The fourth-order valence-corrected chi connectivity index (χ4v) is 2.54. The Morgan fingerprint density at radius 2 is 1.91 bits per heavy atom. The minimum Gasteiger partial charge on any atom is -0.311 e. The van der Waals surface area contributed by atoms with Crippen molar-refractivity contribution in [1.82, 2.24) is 29.2 Å². The Morgan fingerprint density at radius 3 is 2.57 bits per heavy atom. The van der Waals surface area contributed by atoms with Crippen LogP contribution in [0.15, 0.2) is 34.1 Å². The molecule has 3 rings (SSSR count). The molecule has 8 heteroatoms. The summed E-state index contributed by atoms with van der Waals surface area (Å²) in [6, 6.07) is 3.12. The van der Waals surface area contributed by atoms with E-state index in [-0.39, 0.29) is 17.1 Å². The van der Waals surface area contributed by atoms with Crippen LogP contribution in [0.25, 0.3) is 16.9 Å². The number of rotatable bonds is 4. The first kappa shape index (κ1) is 15.2. The first-order valence-corrected chi connectivity index (χ1v) is 7.26. The summed E-state index contributed by atoms with van der Waals surface area (Å²) in [7, 11) is 3.88. The molecule has 0 aliphatic rings. The van der Waals surface area contributed by atoms with Crippen molar-refractivity contribution in [2.75, 3.05) is 20.6 Å². The van der Waals surface area contributed by atoms with Crippen molar-refractivity contribution in [3.63, 3.8) is 0 Å². The van der Waals surface area contributed by atoms with E-state index < -0.39 is 0 Å². The van der Waals surface area contributed by atoms with E-state index in [0.29, 0.717) is 29.7 Å². The summed E-state index contributed by atoms with van der Waals surface area (Å²) in [5.74, 6) is 0.250. The van der Waals surface area contributed by atoms with Crippen LogP contribution in [0.2, 0.25) is 0 Å². The number of nitrogens with one attached hydrogen (secondary N) is 1. The minimum atomic E-state index is -0.262. The predicted octanol–water partition coefficient (Wildman–Crippen LogP) is 0.141. The van der Waals surface area contributed by atoms with Gasteiger partial charge in [-0.15, -0.1) is 0 Å². The fraction of sp³-hybridized carbons (Fsp3) is 0.333. The molecular weight excluding hydrogens is 296 g/mol. The van der Waals surface area contributed by atoms with E-state index in [1.54, 1.807) is 30.0 Å². The van der Waals surface area contributed by atoms with Crippen LogP contribution in [0.5, 0.6) is 0 Å². The van der Waals surface area contributed by atoms with Crippen LogP contribution in [0, 0.1) is 6.92 Å². The second-order valence-corrected chi connectivity index (χ2v) is 5.61. The van der Waals surface area contributed by atoms with E-state index in [9.17, 15) is 9.59 Å². The number of aryl methyl sites for hydroxylation is 1. The van der Waals surface area contributed by atoms with Crippen molar-refractivity contribution in [3.05, 3.63) is 50.9 Å². The quantitative estimate of drug-likeness (QED) is 0.740. The Hall–Kier alpha value is -2.74. The Morgan fingerprint density at radius 1 is 1.22 bits per heavy atom. The molecule has 0 unspecified atom stereocenters. The third-order valence-electron chi connectivity index (χ3n) is 3.74. The molecular formula is C15H18N6O2. The fourth-order valence-electron chi connectivity index (χ4n) is 2.54. The molecule has 0 fully saturated rings. The smallest absolute Gasteiger partial charge is 0.283 e. The molecule has 0 atom stereocenters. The third-order valence-corrected chi connectivity index (χ3v) is 3.74. The molecule has 0 aromatic carbocycles. The average Bonchev–Trinajstić information content (AvgIpc) is 2.84. The lowest BCUT2D eigenvalue weighted by Gasteiger charge is -2.13. The number of likely N-dealkylation sites (N-methyl/N-ethyl adjacent to an activating group) is 1. The Bertz CT molecular complexity index is 952. The Kier molecular flexibility index (Phi) is 3.83. The monoisotopic (exact) mass is 314 g/mol. The highest BCUT2D eigenvalue weighted by atomic mass is 16.1. The first-order chi connectivity index (χ1) is 11.0. The number of fused-ring (bicyclic) bond motifs is 1. The summed E-state index contributed by atoms with van der Waals surface area (Å²) in [5, 5.41) is 3.39. The first-order valence-electron chi connectivity index (χ1n) is 7.26. The van der Waals surface area contributed by atoms with Gasteiger partial charge in [0.25, 0.3) is 17.1 Å². The normalized spacial score (nSPS) is 11.5. The number of hydrogen-bond donors (Lipinski definition) is 1. The van der Waals surface area contributed by atoms with Crippen molar-refractivity contribution < 1.29 is 0 Å². The van der Waals surface area contributed by atoms with Crippen LogP contribution in [-0.2, 0) is 6.54 Å². The van der Waals surface area contributed by atoms with Gasteiger partial charge in [-0.3, -0.25) is 14.7 Å². The van der Waals surface area contributed by atoms with Crippen LogP contribution >= 0.6 is 0 Å². The van der Waals surface area contributed by atoms with Gasteiger partial charge in [0.05, 0.1) is 10.9 Å². The predicted molar refractivity (Wildman–Crippen MR) is 87.0 cm³/mol. The average molecular weight is 314 g/mol. The van der Waals surface area contributed by atoms with E-state index in [2.05, 4.69) is 15.1 Å². The van der Waals surface area contributed by atoms with Gasteiger partial charge in [-0.05, 0) is 27.1 Å². The summed E-state index contributed by atoms with van der Waals surface area (Å²) in [6.07, 6.45) is 3.12. The van der Waals surface area contributed by atoms with Gasteiger partial charge in [0, 0.05) is 37.2 Å². The lowest BCUT2D eigenvalue weighted by atomic mass is 10.2. The SMILES string of the molecule is Cc1c2c(=O)n(-c3ncccn3)[nH]c2cc(=O)n1CCN(C)C. The summed E-state index contributed by atoms with van der Waals surface area (Å²) >= 11 is 0. The number of H-pyrrole nitrogens is 1. The van der Waals surface area contributed by atoms with Crippen LogP contribution in [-0.4, -0.2) is 49.9 Å². The topological polar surface area (TPSA) is 88.8 Å². The molecule has 0 bridgehead atoms. The van der Waals surface area contributed by atoms with Gasteiger partial charge in [0.15, 0.2) is 0 Å². The molecule has 3 aromatic heterocycles. The van der Waals surface area contributed by atoms with Gasteiger partial charge in [0.1, 0.15) is 0 Å². The van der Waals surface area contributed by atoms with Crippen LogP contribution in [0.1, 0.15) is 5.69 Å². The van der Waals surface area contributed by atoms with Gasteiger partial charge < -0.3 is 9.47 Å². The summed E-state index contributed by atoms with van der Waals surface area (Å²) in [6.45, 7) is 3.03. The zero-order valence-electron chi connectivity index (χ0n) is 13.3. The number of pyridine rings is 1. The lowest BCUT2D eigenvalue weighted by molar-refractivity contribution is 0.379. The largest absolute Gasteiger partial charge is 0.311 e. The van der Waals surface area contributed by atoms with Gasteiger partial charge in [-0.1, -0.05) is 0 Å².